The zero-order chi connectivity index (χ0) is 17.5. The van der Waals surface area contributed by atoms with Gasteiger partial charge in [-0.15, -0.1) is 0 Å². The molecule has 1 aromatic rings. The summed E-state index contributed by atoms with van der Waals surface area (Å²) in [5.41, 5.74) is -0.160. The van der Waals surface area contributed by atoms with Crippen LogP contribution in [0.4, 0.5) is 4.39 Å². The number of rotatable bonds is 5. The maximum Gasteiger partial charge on any atom is 0.223 e. The largest absolute Gasteiger partial charge is 0.353 e. The molecule has 0 radical (unpaired) electrons. The van der Waals surface area contributed by atoms with Crippen molar-refractivity contribution < 1.29 is 14.0 Å². The molecule has 1 N–H and O–H groups in total. The van der Waals surface area contributed by atoms with Crippen molar-refractivity contribution in [2.75, 3.05) is 0 Å². The third-order valence-corrected chi connectivity index (χ3v) is 5.17. The summed E-state index contributed by atoms with van der Waals surface area (Å²) >= 11 is 0. The fraction of sp³-hybridized carbons (Fsp3) is 0.526. The first-order valence-corrected chi connectivity index (χ1v) is 8.37. The third kappa shape index (κ3) is 3.19. The van der Waals surface area contributed by atoms with Crippen LogP contribution in [0.3, 0.4) is 0 Å². The molecule has 0 aromatic heterocycles. The number of halogens is 1. The average Bonchev–Trinajstić information content (AvgIpc) is 3.28. The van der Waals surface area contributed by atoms with Gasteiger partial charge < -0.3 is 5.32 Å². The number of Topliss-reactive ketones (excluding diaryl/α,β-unsaturated/α-hetero) is 1. The predicted molar refractivity (Wildman–Crippen MR) is 86.5 cm³/mol. The number of carbonyl (C=O) groups excluding carboxylic acids is 2. The fourth-order valence-corrected chi connectivity index (χ4v) is 3.26. The van der Waals surface area contributed by atoms with E-state index in [2.05, 4.69) is 5.32 Å². The topological polar surface area (TPSA) is 70.0 Å². The molecule has 2 aliphatic rings. The number of amides is 1. The van der Waals surface area contributed by atoms with Crippen molar-refractivity contribution in [3.63, 3.8) is 0 Å². The summed E-state index contributed by atoms with van der Waals surface area (Å²) < 4.78 is 13.7. The number of carbonyl (C=O) groups is 2. The first-order chi connectivity index (χ1) is 11.3. The molecule has 2 fully saturated rings. The summed E-state index contributed by atoms with van der Waals surface area (Å²) in [4.78, 5) is 24.8. The second-order valence-electron chi connectivity index (χ2n) is 7.48. The smallest absolute Gasteiger partial charge is 0.223 e. The van der Waals surface area contributed by atoms with Crippen molar-refractivity contribution in [3.8, 4) is 6.07 Å². The van der Waals surface area contributed by atoms with Crippen LogP contribution in [0.25, 0.3) is 0 Å². The summed E-state index contributed by atoms with van der Waals surface area (Å²) in [6.07, 6.45) is 3.21. The molecule has 126 valence electrons. The van der Waals surface area contributed by atoms with Gasteiger partial charge in [-0.3, -0.25) is 9.59 Å². The van der Waals surface area contributed by atoms with Crippen molar-refractivity contribution in [3.05, 3.63) is 35.1 Å². The number of ketones is 1. The van der Waals surface area contributed by atoms with Crippen LogP contribution in [0.2, 0.25) is 0 Å². The van der Waals surface area contributed by atoms with Gasteiger partial charge in [0.25, 0.3) is 0 Å². The highest BCUT2D eigenvalue weighted by Crippen LogP contribution is 2.41. The van der Waals surface area contributed by atoms with E-state index >= 15 is 0 Å². The van der Waals surface area contributed by atoms with E-state index in [9.17, 15) is 14.0 Å². The SMILES string of the molecule is CC(C)(C(=O)C1CC(C(=O)NC2CC2)C1)c1cc(F)cc(C#N)c1. The zero-order valence-electron chi connectivity index (χ0n) is 13.9. The maximum absolute atomic E-state index is 13.7. The Balaban J connectivity index is 1.67. The minimum absolute atomic E-state index is 0.00691. The van der Waals surface area contributed by atoms with Crippen molar-refractivity contribution in [1.82, 2.24) is 5.32 Å². The highest BCUT2D eigenvalue weighted by atomic mass is 19.1. The van der Waals surface area contributed by atoms with Gasteiger partial charge in [-0.05, 0) is 63.3 Å². The molecule has 24 heavy (non-hydrogen) atoms. The summed E-state index contributed by atoms with van der Waals surface area (Å²) in [6, 6.07) is 6.29. The third-order valence-electron chi connectivity index (χ3n) is 5.17. The molecule has 4 nitrogen and oxygen atoms in total. The van der Waals surface area contributed by atoms with Gasteiger partial charge in [-0.2, -0.15) is 5.26 Å². The van der Waals surface area contributed by atoms with E-state index in [4.69, 9.17) is 5.26 Å². The van der Waals surface area contributed by atoms with Crippen molar-refractivity contribution in [1.29, 1.82) is 5.26 Å². The number of nitrogens with zero attached hydrogens (tertiary/aromatic N) is 1. The Morgan fingerprint density at radius 3 is 2.46 bits per heavy atom. The second-order valence-corrected chi connectivity index (χ2v) is 7.48. The lowest BCUT2D eigenvalue weighted by atomic mass is 9.65. The first-order valence-electron chi connectivity index (χ1n) is 8.37. The van der Waals surface area contributed by atoms with Crippen molar-refractivity contribution in [2.45, 2.75) is 51.0 Å². The second kappa shape index (κ2) is 6.01. The van der Waals surface area contributed by atoms with E-state index in [1.165, 1.54) is 6.07 Å². The summed E-state index contributed by atoms with van der Waals surface area (Å²) in [6.45, 7) is 3.51. The summed E-state index contributed by atoms with van der Waals surface area (Å²) in [7, 11) is 0. The van der Waals surface area contributed by atoms with Crippen LogP contribution in [-0.4, -0.2) is 17.7 Å². The number of benzene rings is 1. The van der Waals surface area contributed by atoms with Gasteiger partial charge in [0.1, 0.15) is 11.6 Å². The average molecular weight is 328 g/mol. The van der Waals surface area contributed by atoms with Crippen LogP contribution in [-0.2, 0) is 15.0 Å². The minimum atomic E-state index is -0.879. The molecule has 0 unspecified atom stereocenters. The molecule has 0 spiro atoms. The van der Waals surface area contributed by atoms with Crippen LogP contribution in [0.5, 0.6) is 0 Å². The minimum Gasteiger partial charge on any atom is -0.353 e. The van der Waals surface area contributed by atoms with Gasteiger partial charge in [0, 0.05) is 23.3 Å². The van der Waals surface area contributed by atoms with E-state index in [0.717, 1.165) is 18.9 Å². The Kier molecular flexibility index (Phi) is 4.16. The highest BCUT2D eigenvalue weighted by Gasteiger charge is 2.45. The zero-order valence-corrected chi connectivity index (χ0v) is 13.9. The van der Waals surface area contributed by atoms with Gasteiger partial charge in [0.2, 0.25) is 5.91 Å². The number of hydrogen-bond donors (Lipinski definition) is 1. The van der Waals surface area contributed by atoms with Crippen molar-refractivity contribution in [2.24, 2.45) is 11.8 Å². The molecule has 2 aliphatic carbocycles. The van der Waals surface area contributed by atoms with Crippen LogP contribution in [0.15, 0.2) is 18.2 Å². The molecule has 0 bridgehead atoms. The van der Waals surface area contributed by atoms with Gasteiger partial charge in [-0.25, -0.2) is 4.39 Å². The van der Waals surface area contributed by atoms with E-state index in [1.54, 1.807) is 19.9 Å². The van der Waals surface area contributed by atoms with E-state index in [-0.39, 0.29) is 29.1 Å². The highest BCUT2D eigenvalue weighted by molar-refractivity contribution is 5.94. The molecule has 0 heterocycles. The van der Waals surface area contributed by atoms with E-state index < -0.39 is 11.2 Å². The van der Waals surface area contributed by atoms with Crippen LogP contribution in [0.1, 0.15) is 50.7 Å². The van der Waals surface area contributed by atoms with Gasteiger partial charge in [0.05, 0.1) is 11.6 Å². The van der Waals surface area contributed by atoms with Gasteiger partial charge >= 0.3 is 0 Å². The molecule has 0 atom stereocenters. The maximum atomic E-state index is 13.7. The monoisotopic (exact) mass is 328 g/mol. The Hall–Kier alpha value is -2.22. The number of hydrogen-bond acceptors (Lipinski definition) is 3. The molecule has 1 amide bonds. The Morgan fingerprint density at radius 2 is 1.88 bits per heavy atom. The predicted octanol–water partition coefficient (Wildman–Crippen LogP) is 2.85. The Morgan fingerprint density at radius 1 is 1.21 bits per heavy atom. The molecular weight excluding hydrogens is 307 g/mol. The van der Waals surface area contributed by atoms with Gasteiger partial charge in [-0.1, -0.05) is 0 Å². The quantitative estimate of drug-likeness (QED) is 0.903. The first kappa shape index (κ1) is 16.6. The molecule has 3 rings (SSSR count). The van der Waals surface area contributed by atoms with Crippen LogP contribution in [0, 0.1) is 29.0 Å². The lowest BCUT2D eigenvalue weighted by molar-refractivity contribution is -0.137. The molecule has 2 saturated carbocycles. The summed E-state index contributed by atoms with van der Waals surface area (Å²) in [5, 5.41) is 12.0. The lowest BCUT2D eigenvalue weighted by Gasteiger charge is -2.38. The van der Waals surface area contributed by atoms with Crippen LogP contribution < -0.4 is 5.32 Å². The molecule has 0 saturated heterocycles. The number of nitrogens with one attached hydrogen (secondary N) is 1. The van der Waals surface area contributed by atoms with Crippen LogP contribution >= 0.6 is 0 Å². The Labute approximate surface area is 141 Å². The summed E-state index contributed by atoms with van der Waals surface area (Å²) in [5.74, 6) is -0.717. The standard InChI is InChI=1S/C19H21FN2O2/c1-19(2,14-5-11(10-21)6-15(20)9-14)17(23)12-7-13(8-12)18(24)22-16-3-4-16/h5-6,9,12-13,16H,3-4,7-8H2,1-2H3,(H,22,24). The van der Waals surface area contributed by atoms with E-state index in [1.807, 2.05) is 6.07 Å². The van der Waals surface area contributed by atoms with Crippen molar-refractivity contribution >= 4 is 11.7 Å². The van der Waals surface area contributed by atoms with Gasteiger partial charge in [0.15, 0.2) is 0 Å². The molecule has 1 aromatic carbocycles. The van der Waals surface area contributed by atoms with E-state index in [0.29, 0.717) is 24.4 Å². The molecular formula is C19H21FN2O2. The normalized spacial score (nSPS) is 23.1. The fourth-order valence-electron chi connectivity index (χ4n) is 3.26. The lowest BCUT2D eigenvalue weighted by Crippen LogP contribution is -2.46. The molecule has 0 aliphatic heterocycles. The number of nitriles is 1. The molecule has 5 heteroatoms. The Bertz CT molecular complexity index is 725.